The number of benzene rings is 1. The van der Waals surface area contributed by atoms with E-state index in [9.17, 15) is 9.18 Å². The van der Waals surface area contributed by atoms with Crippen LogP contribution in [0.5, 0.6) is 0 Å². The van der Waals surface area contributed by atoms with Gasteiger partial charge < -0.3 is 10.2 Å². The van der Waals surface area contributed by atoms with Gasteiger partial charge in [-0.2, -0.15) is 0 Å². The molecule has 2 saturated heterocycles. The minimum atomic E-state index is -0.359. The number of halogens is 2. The molecule has 4 saturated carbocycles. The smallest absolute Gasteiger partial charge is 0.246 e. The highest BCUT2D eigenvalue weighted by Gasteiger charge is 2.64. The van der Waals surface area contributed by atoms with E-state index in [-0.39, 0.29) is 23.2 Å². The molecule has 5 nitrogen and oxygen atoms in total. The van der Waals surface area contributed by atoms with Gasteiger partial charge in [-0.05, 0) is 62.0 Å². The SMILES string of the molecule is O=C(C1Nc2cc(F)cc(Cl)c2C12CCCCCCCC2)N1CCC2NNC(C34CC(C3)C4)C2C1. The highest BCUT2D eigenvalue weighted by Crippen LogP contribution is 2.67. The molecule has 4 unspecified atom stereocenters. The normalized spacial score (nSPS) is 39.4. The molecular formula is C28H38ClFN4O. The van der Waals surface area contributed by atoms with Gasteiger partial charge >= 0.3 is 0 Å². The number of fused-ring (bicyclic) bond motifs is 3. The highest BCUT2D eigenvalue weighted by molar-refractivity contribution is 6.32. The van der Waals surface area contributed by atoms with Gasteiger partial charge in [0.25, 0.3) is 0 Å². The van der Waals surface area contributed by atoms with Gasteiger partial charge in [0.1, 0.15) is 11.9 Å². The predicted octanol–water partition coefficient (Wildman–Crippen LogP) is 5.14. The van der Waals surface area contributed by atoms with Gasteiger partial charge in [-0.25, -0.2) is 4.39 Å². The molecule has 0 aromatic heterocycles. The number of rotatable bonds is 2. The van der Waals surface area contributed by atoms with Crippen LogP contribution in [0.15, 0.2) is 12.1 Å². The molecule has 7 aliphatic rings. The van der Waals surface area contributed by atoms with Crippen LogP contribution in [0.2, 0.25) is 5.02 Å². The van der Waals surface area contributed by atoms with Gasteiger partial charge in [-0.15, -0.1) is 0 Å². The molecule has 1 aromatic carbocycles. The van der Waals surface area contributed by atoms with E-state index in [2.05, 4.69) is 21.1 Å². The van der Waals surface area contributed by atoms with Gasteiger partial charge in [0.05, 0.1) is 0 Å². The second kappa shape index (κ2) is 8.32. The third kappa shape index (κ3) is 3.42. The summed E-state index contributed by atoms with van der Waals surface area (Å²) in [4.78, 5) is 16.5. The van der Waals surface area contributed by atoms with Crippen LogP contribution in [0.3, 0.4) is 0 Å². The largest absolute Gasteiger partial charge is 0.373 e. The van der Waals surface area contributed by atoms with Crippen molar-refractivity contribution in [1.82, 2.24) is 15.8 Å². The van der Waals surface area contributed by atoms with Gasteiger partial charge in [-0.3, -0.25) is 15.6 Å². The molecule has 4 aliphatic carbocycles. The van der Waals surface area contributed by atoms with Crippen LogP contribution < -0.4 is 16.2 Å². The molecule has 4 atom stereocenters. The Balaban J connectivity index is 1.19. The summed E-state index contributed by atoms with van der Waals surface area (Å²) in [5.41, 5.74) is 9.08. The Morgan fingerprint density at radius 3 is 2.43 bits per heavy atom. The fourth-order valence-electron chi connectivity index (χ4n) is 8.90. The molecule has 6 fully saturated rings. The number of hydrogen-bond donors (Lipinski definition) is 3. The van der Waals surface area contributed by atoms with Crippen molar-refractivity contribution in [1.29, 1.82) is 0 Å². The van der Waals surface area contributed by atoms with E-state index in [4.69, 9.17) is 11.6 Å². The first-order valence-electron chi connectivity index (χ1n) is 14.1. The van der Waals surface area contributed by atoms with E-state index < -0.39 is 0 Å². The zero-order chi connectivity index (χ0) is 23.8. The zero-order valence-electron chi connectivity index (χ0n) is 20.6. The number of piperidine rings is 1. The average Bonchev–Trinajstić information content (AvgIpc) is 3.35. The van der Waals surface area contributed by atoms with E-state index >= 15 is 0 Å². The van der Waals surface area contributed by atoms with Crippen molar-refractivity contribution in [2.75, 3.05) is 18.4 Å². The van der Waals surface area contributed by atoms with Crippen molar-refractivity contribution in [3.63, 3.8) is 0 Å². The molecule has 3 heterocycles. The summed E-state index contributed by atoms with van der Waals surface area (Å²) in [6.07, 6.45) is 14.0. The molecule has 1 spiro atoms. The van der Waals surface area contributed by atoms with Crippen molar-refractivity contribution in [3.8, 4) is 0 Å². The van der Waals surface area contributed by atoms with E-state index in [1.807, 2.05) is 0 Å². The van der Waals surface area contributed by atoms with E-state index in [0.29, 0.717) is 28.4 Å². The number of carbonyl (C=O) groups is 1. The first-order chi connectivity index (χ1) is 17.0. The summed E-state index contributed by atoms with van der Waals surface area (Å²) >= 11 is 6.74. The Bertz CT molecular complexity index is 1010. The number of carbonyl (C=O) groups excluding carboxylic acids is 1. The quantitative estimate of drug-likeness (QED) is 0.526. The topological polar surface area (TPSA) is 56.4 Å². The lowest BCUT2D eigenvalue weighted by Crippen LogP contribution is -2.65. The molecule has 2 bridgehead atoms. The van der Waals surface area contributed by atoms with E-state index in [1.54, 1.807) is 6.07 Å². The number of nitrogens with one attached hydrogen (secondary N) is 3. The van der Waals surface area contributed by atoms with Crippen LogP contribution in [0, 0.1) is 23.1 Å². The Morgan fingerprint density at radius 2 is 1.74 bits per heavy atom. The fraction of sp³-hybridized carbons (Fsp3) is 0.750. The van der Waals surface area contributed by atoms with Crippen molar-refractivity contribution >= 4 is 23.2 Å². The monoisotopic (exact) mass is 500 g/mol. The molecule has 35 heavy (non-hydrogen) atoms. The van der Waals surface area contributed by atoms with Crippen molar-refractivity contribution < 1.29 is 9.18 Å². The third-order valence-electron chi connectivity index (χ3n) is 10.7. The summed E-state index contributed by atoms with van der Waals surface area (Å²) in [5, 5.41) is 4.01. The first-order valence-corrected chi connectivity index (χ1v) is 14.4. The maximum Gasteiger partial charge on any atom is 0.246 e. The van der Waals surface area contributed by atoms with Gasteiger partial charge in [0.15, 0.2) is 0 Å². The Morgan fingerprint density at radius 1 is 1.03 bits per heavy atom. The second-order valence-corrected chi connectivity index (χ2v) is 13.0. The first kappa shape index (κ1) is 22.8. The van der Waals surface area contributed by atoms with E-state index in [0.717, 1.165) is 62.4 Å². The number of likely N-dealkylation sites (tertiary alicyclic amines) is 1. The summed E-state index contributed by atoms with van der Waals surface area (Å²) in [6, 6.07) is 3.57. The lowest BCUT2D eigenvalue weighted by molar-refractivity contribution is -0.148. The van der Waals surface area contributed by atoms with Crippen molar-refractivity contribution in [3.05, 3.63) is 28.5 Å². The van der Waals surface area contributed by atoms with Gasteiger partial charge in [-0.1, -0.05) is 50.1 Å². The van der Waals surface area contributed by atoms with E-state index in [1.165, 1.54) is 51.0 Å². The Kier molecular flexibility index (Phi) is 5.42. The lowest BCUT2D eigenvalue weighted by atomic mass is 9.40. The Labute approximate surface area is 212 Å². The summed E-state index contributed by atoms with van der Waals surface area (Å²) < 4.78 is 14.4. The van der Waals surface area contributed by atoms with Crippen molar-refractivity contribution in [2.45, 2.75) is 101 Å². The summed E-state index contributed by atoms with van der Waals surface area (Å²) in [7, 11) is 0. The fourth-order valence-corrected chi connectivity index (χ4v) is 9.29. The molecule has 8 rings (SSSR count). The molecule has 1 aromatic rings. The van der Waals surface area contributed by atoms with Gasteiger partial charge in [0.2, 0.25) is 5.91 Å². The van der Waals surface area contributed by atoms with Gasteiger partial charge in [0, 0.05) is 52.8 Å². The predicted molar refractivity (Wildman–Crippen MR) is 136 cm³/mol. The number of hydrazine groups is 1. The van der Waals surface area contributed by atoms with Crippen LogP contribution in [0.4, 0.5) is 10.1 Å². The minimum Gasteiger partial charge on any atom is -0.373 e. The number of hydrogen-bond acceptors (Lipinski definition) is 4. The molecule has 3 aliphatic heterocycles. The standard InChI is InChI=1S/C28H38ClFN4O/c29-20-11-18(30)12-22-23(20)28(8-5-3-1-2-4-6-9-28)25(31-22)26(35)34-10-7-21-19(16-34)24(33-32-21)27-13-17(14-27)15-27/h11-12,17,19,21,24-25,31-33H,1-10,13-16H2. The average molecular weight is 501 g/mol. The Hall–Kier alpha value is -1.37. The highest BCUT2D eigenvalue weighted by atomic mass is 35.5. The minimum absolute atomic E-state index is 0.193. The number of amides is 1. The summed E-state index contributed by atoms with van der Waals surface area (Å²) in [5.74, 6) is 1.28. The maximum atomic E-state index is 14.4. The molecular weight excluding hydrogens is 463 g/mol. The molecule has 190 valence electrons. The van der Waals surface area contributed by atoms with Crippen LogP contribution in [0.1, 0.15) is 82.6 Å². The third-order valence-corrected chi connectivity index (χ3v) is 11.0. The van der Waals surface area contributed by atoms with Crippen LogP contribution in [0.25, 0.3) is 0 Å². The molecule has 0 radical (unpaired) electrons. The lowest BCUT2D eigenvalue weighted by Gasteiger charge is -2.66. The maximum absolute atomic E-state index is 14.4. The molecule has 7 heteroatoms. The summed E-state index contributed by atoms with van der Waals surface area (Å²) in [6.45, 7) is 1.59. The van der Waals surface area contributed by atoms with Crippen LogP contribution in [-0.4, -0.2) is 42.0 Å². The molecule has 1 amide bonds. The zero-order valence-corrected chi connectivity index (χ0v) is 21.3. The van der Waals surface area contributed by atoms with Crippen LogP contribution in [-0.2, 0) is 10.2 Å². The number of anilines is 1. The number of nitrogens with zero attached hydrogens (tertiary/aromatic N) is 1. The second-order valence-electron chi connectivity index (χ2n) is 12.6. The van der Waals surface area contributed by atoms with Crippen LogP contribution >= 0.6 is 11.6 Å². The van der Waals surface area contributed by atoms with Crippen molar-refractivity contribution in [2.24, 2.45) is 17.3 Å². The molecule has 3 N–H and O–H groups in total.